The normalized spacial score (nSPS) is 41.7. The summed E-state index contributed by atoms with van der Waals surface area (Å²) in [6, 6.07) is -0.157. The van der Waals surface area contributed by atoms with Gasteiger partial charge in [-0.25, -0.2) is 0 Å². The zero-order valence-corrected chi connectivity index (χ0v) is 7.73. The summed E-state index contributed by atoms with van der Waals surface area (Å²) in [6.45, 7) is 3.89. The summed E-state index contributed by atoms with van der Waals surface area (Å²) in [7, 11) is 0.846. The topological polar surface area (TPSA) is 49.7 Å². The molecule has 1 aliphatic heterocycles. The first-order chi connectivity index (χ1) is 5.66. The minimum atomic E-state index is -0.702. The number of aliphatic hydroxyl groups is 2. The molecule has 1 fully saturated rings. The van der Waals surface area contributed by atoms with Crippen molar-refractivity contribution in [1.82, 2.24) is 0 Å². The van der Waals surface area contributed by atoms with Crippen LogP contribution in [-0.2, 0) is 4.74 Å². The van der Waals surface area contributed by atoms with Gasteiger partial charge in [0.1, 0.15) is 12.2 Å². The van der Waals surface area contributed by atoms with Gasteiger partial charge in [0, 0.05) is 0 Å². The Hall–Kier alpha value is -0.0551. The Morgan fingerprint density at radius 2 is 2.00 bits per heavy atom. The van der Waals surface area contributed by atoms with E-state index in [1.807, 2.05) is 0 Å². The molecule has 1 heterocycles. The smallest absolute Gasteiger partial charge is 0.161 e. The zero-order valence-electron chi connectivity index (χ0n) is 7.73. The van der Waals surface area contributed by atoms with E-state index in [-0.39, 0.29) is 12.1 Å². The van der Waals surface area contributed by atoms with E-state index in [4.69, 9.17) is 4.74 Å². The fraction of sp³-hybridized carbons (Fsp3) is 1.00. The fourth-order valence-electron chi connectivity index (χ4n) is 1.58. The van der Waals surface area contributed by atoms with Gasteiger partial charge in [-0.15, -0.1) is 0 Å². The average Bonchev–Trinajstić information content (AvgIpc) is 2.30. The lowest BCUT2D eigenvalue weighted by molar-refractivity contribution is 0.0317. The number of ether oxygens (including phenoxy) is 1. The second-order valence-electron chi connectivity index (χ2n) is 3.50. The third-order valence-electron chi connectivity index (χ3n) is 2.44. The minimum Gasteiger partial charge on any atom is -0.388 e. The fourth-order valence-corrected chi connectivity index (χ4v) is 1.58. The van der Waals surface area contributed by atoms with Crippen molar-refractivity contribution in [3.8, 4) is 0 Å². The number of hydrogen-bond donors (Lipinski definition) is 2. The highest BCUT2D eigenvalue weighted by molar-refractivity contribution is 6.37. The van der Waals surface area contributed by atoms with Crippen LogP contribution in [-0.4, -0.2) is 41.8 Å². The van der Waals surface area contributed by atoms with Crippen LogP contribution in [0.1, 0.15) is 20.3 Å². The first kappa shape index (κ1) is 10.0. The van der Waals surface area contributed by atoms with E-state index < -0.39 is 12.2 Å². The monoisotopic (exact) mass is 172 g/mol. The van der Waals surface area contributed by atoms with Crippen LogP contribution < -0.4 is 0 Å². The lowest BCUT2D eigenvalue weighted by Gasteiger charge is -2.12. The SMILES string of the molecule is CCCB[C@@H]1O[C@H](C)C(O)[C@@H]1O. The molecule has 2 N–H and O–H groups in total. The Balaban J connectivity index is 2.36. The van der Waals surface area contributed by atoms with Crippen molar-refractivity contribution in [1.29, 1.82) is 0 Å². The summed E-state index contributed by atoms with van der Waals surface area (Å²) >= 11 is 0. The molecule has 3 nitrogen and oxygen atoms in total. The van der Waals surface area contributed by atoms with Crippen molar-refractivity contribution in [3.63, 3.8) is 0 Å². The van der Waals surface area contributed by atoms with Crippen LogP contribution in [0.25, 0.3) is 0 Å². The largest absolute Gasteiger partial charge is 0.388 e. The number of rotatable bonds is 3. The van der Waals surface area contributed by atoms with Crippen molar-refractivity contribution in [3.05, 3.63) is 0 Å². The van der Waals surface area contributed by atoms with Crippen LogP contribution in [0, 0.1) is 0 Å². The van der Waals surface area contributed by atoms with Gasteiger partial charge in [-0.1, -0.05) is 19.7 Å². The maximum atomic E-state index is 9.48. The van der Waals surface area contributed by atoms with Gasteiger partial charge in [0.2, 0.25) is 0 Å². The third kappa shape index (κ3) is 2.00. The zero-order chi connectivity index (χ0) is 9.14. The molecule has 70 valence electrons. The molecule has 0 aromatic rings. The summed E-state index contributed by atoms with van der Waals surface area (Å²) in [5.41, 5.74) is 0. The number of hydrogen-bond acceptors (Lipinski definition) is 3. The van der Waals surface area contributed by atoms with Gasteiger partial charge in [-0.2, -0.15) is 0 Å². The molecule has 1 saturated heterocycles. The summed E-state index contributed by atoms with van der Waals surface area (Å²) in [5.74, 6) is 0. The van der Waals surface area contributed by atoms with Crippen molar-refractivity contribution >= 4 is 7.28 Å². The van der Waals surface area contributed by atoms with E-state index >= 15 is 0 Å². The Morgan fingerprint density at radius 1 is 1.33 bits per heavy atom. The van der Waals surface area contributed by atoms with Crippen molar-refractivity contribution in [2.75, 3.05) is 0 Å². The lowest BCUT2D eigenvalue weighted by atomic mass is 9.65. The molecule has 1 rings (SSSR count). The highest BCUT2D eigenvalue weighted by Gasteiger charge is 2.39. The van der Waals surface area contributed by atoms with Crippen molar-refractivity contribution in [2.24, 2.45) is 0 Å². The van der Waals surface area contributed by atoms with Gasteiger partial charge in [-0.3, -0.25) is 0 Å². The highest BCUT2D eigenvalue weighted by atomic mass is 16.5. The molecule has 1 aliphatic rings. The molecule has 0 radical (unpaired) electrons. The van der Waals surface area contributed by atoms with Crippen LogP contribution in [0.5, 0.6) is 0 Å². The molecule has 0 bridgehead atoms. The molecule has 0 amide bonds. The molecular formula is C8H17BO3. The summed E-state index contributed by atoms with van der Waals surface area (Å²) in [5, 5.41) is 18.8. The van der Waals surface area contributed by atoms with E-state index in [0.29, 0.717) is 0 Å². The molecule has 12 heavy (non-hydrogen) atoms. The predicted molar refractivity (Wildman–Crippen MR) is 48.6 cm³/mol. The Kier molecular flexibility index (Phi) is 3.56. The van der Waals surface area contributed by atoms with E-state index in [1.54, 1.807) is 6.92 Å². The maximum Gasteiger partial charge on any atom is 0.161 e. The van der Waals surface area contributed by atoms with E-state index in [9.17, 15) is 10.2 Å². The van der Waals surface area contributed by atoms with Gasteiger partial charge in [0.05, 0.1) is 12.1 Å². The lowest BCUT2D eigenvalue weighted by Crippen LogP contribution is -2.34. The average molecular weight is 172 g/mol. The van der Waals surface area contributed by atoms with Crippen LogP contribution in [0.15, 0.2) is 0 Å². The summed E-state index contributed by atoms with van der Waals surface area (Å²) < 4.78 is 5.39. The molecular weight excluding hydrogens is 155 g/mol. The Labute approximate surface area is 74.0 Å². The molecule has 1 unspecified atom stereocenters. The van der Waals surface area contributed by atoms with Crippen molar-refractivity contribution < 1.29 is 14.9 Å². The van der Waals surface area contributed by atoms with Gasteiger partial charge in [0.25, 0.3) is 0 Å². The molecule has 0 aromatic carbocycles. The minimum absolute atomic E-state index is 0.157. The van der Waals surface area contributed by atoms with Crippen LogP contribution >= 0.6 is 0 Å². The Morgan fingerprint density at radius 3 is 2.42 bits per heavy atom. The summed E-state index contributed by atoms with van der Waals surface area (Å²) in [6.07, 6.45) is 0.526. The first-order valence-electron chi connectivity index (χ1n) is 4.68. The standard InChI is InChI=1S/C8H17BO3/c1-3-4-9-8-7(11)6(10)5(2)12-8/h5-11H,3-4H2,1-2H3/t5-,6?,7+,8-/m1/s1. The molecule has 0 saturated carbocycles. The first-order valence-corrected chi connectivity index (χ1v) is 4.68. The molecule has 0 aromatic heterocycles. The quantitative estimate of drug-likeness (QED) is 0.575. The van der Waals surface area contributed by atoms with Gasteiger partial charge in [0.15, 0.2) is 7.28 Å². The van der Waals surface area contributed by atoms with Crippen LogP contribution in [0.2, 0.25) is 6.32 Å². The molecule has 0 aliphatic carbocycles. The van der Waals surface area contributed by atoms with Gasteiger partial charge in [-0.05, 0) is 6.92 Å². The Bertz CT molecular complexity index is 142. The van der Waals surface area contributed by atoms with Gasteiger partial charge < -0.3 is 14.9 Å². The van der Waals surface area contributed by atoms with Crippen LogP contribution in [0.3, 0.4) is 0 Å². The molecule has 4 atom stereocenters. The number of aliphatic hydroxyl groups excluding tert-OH is 2. The van der Waals surface area contributed by atoms with E-state index in [1.165, 1.54) is 0 Å². The van der Waals surface area contributed by atoms with Gasteiger partial charge >= 0.3 is 0 Å². The van der Waals surface area contributed by atoms with Crippen LogP contribution in [0.4, 0.5) is 0 Å². The molecule has 4 heteroatoms. The predicted octanol–water partition coefficient (Wildman–Crippen LogP) is -0.282. The van der Waals surface area contributed by atoms with E-state index in [2.05, 4.69) is 6.92 Å². The molecule has 0 spiro atoms. The van der Waals surface area contributed by atoms with E-state index in [0.717, 1.165) is 20.0 Å². The summed E-state index contributed by atoms with van der Waals surface area (Å²) in [4.78, 5) is 0. The highest BCUT2D eigenvalue weighted by Crippen LogP contribution is 2.20. The second kappa shape index (κ2) is 4.26. The third-order valence-corrected chi connectivity index (χ3v) is 2.44. The maximum absolute atomic E-state index is 9.48. The second-order valence-corrected chi connectivity index (χ2v) is 3.50. The van der Waals surface area contributed by atoms with Crippen molar-refractivity contribution in [2.45, 2.75) is 50.9 Å².